The zero-order chi connectivity index (χ0) is 9.97. The Hall–Kier alpha value is -1.10. The zero-order valence-corrected chi connectivity index (χ0v) is 8.66. The fraction of sp³-hybridized carbons (Fsp3) is 0.778. The number of rotatable bonds is 3. The average Bonchev–Trinajstić information content (AvgIpc) is 2.74. The molecule has 0 amide bonds. The smallest absolute Gasteiger partial charge is 0.324 e. The monoisotopic (exact) mass is 196 g/mol. The van der Waals surface area contributed by atoms with E-state index in [9.17, 15) is 0 Å². The molecule has 5 heteroatoms. The highest BCUT2D eigenvalue weighted by Gasteiger charge is 2.25. The molecule has 2 heterocycles. The topological polar surface area (TPSA) is 54.2 Å². The summed E-state index contributed by atoms with van der Waals surface area (Å²) in [5.41, 5.74) is 0. The zero-order valence-electron chi connectivity index (χ0n) is 8.66. The van der Waals surface area contributed by atoms with Crippen molar-refractivity contribution < 1.29 is 4.52 Å². The molecule has 1 aromatic heterocycles. The Bertz CT molecular complexity index is 299. The second-order valence-corrected chi connectivity index (χ2v) is 3.78. The molecule has 1 aromatic rings. The minimum atomic E-state index is 0.668. The first kappa shape index (κ1) is 9.45. The summed E-state index contributed by atoms with van der Waals surface area (Å²) in [4.78, 5) is 6.37. The molecule has 5 nitrogen and oxygen atoms in total. The van der Waals surface area contributed by atoms with E-state index in [0.717, 1.165) is 19.6 Å². The second kappa shape index (κ2) is 3.96. The first-order valence-electron chi connectivity index (χ1n) is 4.99. The minimum Gasteiger partial charge on any atom is -0.324 e. The summed E-state index contributed by atoms with van der Waals surface area (Å²) in [5.74, 6) is 1.41. The molecule has 0 aliphatic carbocycles. The van der Waals surface area contributed by atoms with Crippen LogP contribution in [-0.2, 0) is 0 Å². The lowest BCUT2D eigenvalue weighted by atomic mass is 10.1. The van der Waals surface area contributed by atoms with Crippen molar-refractivity contribution in [2.24, 2.45) is 5.92 Å². The van der Waals surface area contributed by atoms with E-state index in [1.165, 1.54) is 6.42 Å². The van der Waals surface area contributed by atoms with E-state index in [2.05, 4.69) is 20.4 Å². The number of aryl methyl sites for hydroxylation is 1. The number of nitrogens with zero attached hydrogens (tertiary/aromatic N) is 3. The molecule has 2 rings (SSSR count). The van der Waals surface area contributed by atoms with Crippen molar-refractivity contribution in [2.45, 2.75) is 13.3 Å². The van der Waals surface area contributed by atoms with Crippen LogP contribution in [0.25, 0.3) is 0 Å². The van der Waals surface area contributed by atoms with Gasteiger partial charge in [-0.05, 0) is 32.9 Å². The molecule has 0 aromatic carbocycles. The van der Waals surface area contributed by atoms with Crippen molar-refractivity contribution in [1.82, 2.24) is 15.5 Å². The largest absolute Gasteiger partial charge is 0.324 e. The highest BCUT2D eigenvalue weighted by Crippen LogP contribution is 2.21. The third-order valence-corrected chi connectivity index (χ3v) is 2.57. The molecule has 1 fully saturated rings. The van der Waals surface area contributed by atoms with Crippen molar-refractivity contribution in [3.63, 3.8) is 0 Å². The lowest BCUT2D eigenvalue weighted by molar-refractivity contribution is 0.412. The molecule has 78 valence electrons. The van der Waals surface area contributed by atoms with Crippen molar-refractivity contribution in [3.05, 3.63) is 5.82 Å². The Kier molecular flexibility index (Phi) is 2.67. The van der Waals surface area contributed by atoms with E-state index in [4.69, 9.17) is 4.52 Å². The van der Waals surface area contributed by atoms with Crippen LogP contribution in [0.3, 0.4) is 0 Å². The maximum absolute atomic E-state index is 5.12. The van der Waals surface area contributed by atoms with Crippen LogP contribution < -0.4 is 10.2 Å². The maximum Gasteiger partial charge on any atom is 0.324 e. The molecule has 0 radical (unpaired) electrons. The quantitative estimate of drug-likeness (QED) is 0.759. The predicted octanol–water partition coefficient (Wildman–Crippen LogP) is 0.424. The lowest BCUT2D eigenvalue weighted by Crippen LogP contribution is -2.24. The third kappa shape index (κ3) is 1.87. The van der Waals surface area contributed by atoms with E-state index >= 15 is 0 Å². The molecule has 0 spiro atoms. The van der Waals surface area contributed by atoms with Gasteiger partial charge in [-0.2, -0.15) is 4.98 Å². The molecule has 1 saturated heterocycles. The van der Waals surface area contributed by atoms with Crippen LogP contribution in [0.2, 0.25) is 0 Å². The number of anilines is 1. The van der Waals surface area contributed by atoms with E-state index in [0.29, 0.717) is 17.8 Å². The van der Waals surface area contributed by atoms with Crippen molar-refractivity contribution >= 4 is 6.01 Å². The minimum absolute atomic E-state index is 0.668. The van der Waals surface area contributed by atoms with Gasteiger partial charge in [0, 0.05) is 13.1 Å². The normalized spacial score (nSPS) is 21.9. The summed E-state index contributed by atoms with van der Waals surface area (Å²) in [5, 5.41) is 6.98. The van der Waals surface area contributed by atoms with Gasteiger partial charge in [0.25, 0.3) is 0 Å². The number of hydrogen-bond donors (Lipinski definition) is 1. The Morgan fingerprint density at radius 3 is 3.14 bits per heavy atom. The van der Waals surface area contributed by atoms with Gasteiger partial charge < -0.3 is 14.7 Å². The van der Waals surface area contributed by atoms with Gasteiger partial charge in [0.2, 0.25) is 0 Å². The standard InChI is InChI=1S/C9H16N4O/c1-7-11-9(14-12-7)13-4-3-8(6-13)5-10-2/h8,10H,3-6H2,1-2H3. The fourth-order valence-corrected chi connectivity index (χ4v) is 1.88. The van der Waals surface area contributed by atoms with Gasteiger partial charge >= 0.3 is 6.01 Å². The molecular formula is C9H16N4O. The fourth-order valence-electron chi connectivity index (χ4n) is 1.88. The first-order chi connectivity index (χ1) is 6.79. The van der Waals surface area contributed by atoms with Gasteiger partial charge in [0.15, 0.2) is 5.82 Å². The molecule has 1 N–H and O–H groups in total. The number of nitrogens with one attached hydrogen (secondary N) is 1. The van der Waals surface area contributed by atoms with E-state index in [-0.39, 0.29) is 0 Å². The van der Waals surface area contributed by atoms with E-state index in [1.54, 1.807) is 0 Å². The highest BCUT2D eigenvalue weighted by atomic mass is 16.5. The van der Waals surface area contributed by atoms with Gasteiger partial charge in [-0.1, -0.05) is 5.16 Å². The van der Waals surface area contributed by atoms with Gasteiger partial charge in [-0.25, -0.2) is 0 Å². The van der Waals surface area contributed by atoms with Crippen molar-refractivity contribution in [3.8, 4) is 0 Å². The van der Waals surface area contributed by atoms with Crippen molar-refractivity contribution in [2.75, 3.05) is 31.6 Å². The first-order valence-corrected chi connectivity index (χ1v) is 4.99. The van der Waals surface area contributed by atoms with Gasteiger partial charge in [0.1, 0.15) is 0 Å². The summed E-state index contributed by atoms with van der Waals surface area (Å²) in [6, 6.07) is 0.668. The van der Waals surface area contributed by atoms with Crippen LogP contribution in [-0.4, -0.2) is 36.8 Å². The van der Waals surface area contributed by atoms with Crippen LogP contribution in [0.15, 0.2) is 4.52 Å². The van der Waals surface area contributed by atoms with Crippen LogP contribution in [0.4, 0.5) is 6.01 Å². The number of hydrogen-bond acceptors (Lipinski definition) is 5. The number of aromatic nitrogens is 2. The summed E-state index contributed by atoms with van der Waals surface area (Å²) in [6.45, 7) is 4.94. The molecule has 1 aliphatic rings. The third-order valence-electron chi connectivity index (χ3n) is 2.57. The van der Waals surface area contributed by atoms with Gasteiger partial charge in [-0.3, -0.25) is 0 Å². The molecule has 1 atom stereocenters. The Morgan fingerprint density at radius 1 is 1.64 bits per heavy atom. The van der Waals surface area contributed by atoms with Crippen LogP contribution in [0.1, 0.15) is 12.2 Å². The summed E-state index contributed by atoms with van der Waals surface area (Å²) in [7, 11) is 1.99. The maximum atomic E-state index is 5.12. The molecular weight excluding hydrogens is 180 g/mol. The highest BCUT2D eigenvalue weighted by molar-refractivity contribution is 5.26. The van der Waals surface area contributed by atoms with Crippen LogP contribution in [0.5, 0.6) is 0 Å². The van der Waals surface area contributed by atoms with Gasteiger partial charge in [0.05, 0.1) is 0 Å². The molecule has 14 heavy (non-hydrogen) atoms. The molecule has 1 aliphatic heterocycles. The summed E-state index contributed by atoms with van der Waals surface area (Å²) >= 11 is 0. The Labute approximate surface area is 83.5 Å². The summed E-state index contributed by atoms with van der Waals surface area (Å²) < 4.78 is 5.12. The predicted molar refractivity (Wildman–Crippen MR) is 53.3 cm³/mol. The molecule has 0 saturated carbocycles. The molecule has 0 bridgehead atoms. The Balaban J connectivity index is 1.95. The lowest BCUT2D eigenvalue weighted by Gasteiger charge is -2.12. The second-order valence-electron chi connectivity index (χ2n) is 3.78. The van der Waals surface area contributed by atoms with E-state index < -0.39 is 0 Å². The molecule has 1 unspecified atom stereocenters. The van der Waals surface area contributed by atoms with Crippen LogP contribution >= 0.6 is 0 Å². The van der Waals surface area contributed by atoms with Crippen molar-refractivity contribution in [1.29, 1.82) is 0 Å². The average molecular weight is 196 g/mol. The van der Waals surface area contributed by atoms with Gasteiger partial charge in [-0.15, -0.1) is 0 Å². The van der Waals surface area contributed by atoms with E-state index in [1.807, 2.05) is 14.0 Å². The SMILES string of the molecule is CNCC1CCN(c2nc(C)no2)C1. The van der Waals surface area contributed by atoms with Crippen LogP contribution in [0, 0.1) is 12.8 Å². The Morgan fingerprint density at radius 2 is 2.50 bits per heavy atom. The summed E-state index contributed by atoms with van der Waals surface area (Å²) in [6.07, 6.45) is 1.20.